The Kier molecular flexibility index (Phi) is 6.30. The Bertz CT molecular complexity index is 517. The molecule has 1 N–H and O–H groups in total. The highest BCUT2D eigenvalue weighted by atomic mass is 32.1. The molecule has 1 atom stereocenters. The summed E-state index contributed by atoms with van der Waals surface area (Å²) in [5, 5.41) is 12.4. The number of nitrogens with zero attached hydrogens (tertiary/aromatic N) is 3. The lowest BCUT2D eigenvalue weighted by Crippen LogP contribution is -2.29. The lowest BCUT2D eigenvalue weighted by Gasteiger charge is -2.15. The second kappa shape index (κ2) is 8.22. The number of carbonyl (C=O) groups is 2. The van der Waals surface area contributed by atoms with Crippen LogP contribution >= 0.6 is 11.3 Å². The Labute approximate surface area is 135 Å². The van der Waals surface area contributed by atoms with E-state index in [1.807, 2.05) is 0 Å². The minimum atomic E-state index is -0.271. The van der Waals surface area contributed by atoms with Crippen molar-refractivity contribution in [3.05, 3.63) is 5.01 Å². The minimum Gasteiger partial charge on any atom is -0.342 e. The van der Waals surface area contributed by atoms with Crippen molar-refractivity contribution in [2.24, 2.45) is 5.92 Å². The summed E-state index contributed by atoms with van der Waals surface area (Å²) >= 11 is 1.42. The first-order valence-corrected chi connectivity index (χ1v) is 8.86. The average Bonchev–Trinajstić information content (AvgIpc) is 3.09. The number of amides is 2. The molecular weight excluding hydrogens is 300 g/mol. The highest BCUT2D eigenvalue weighted by molar-refractivity contribution is 7.15. The standard InChI is InChI=1S/C15H24N4O2S/c1-3-5-7-12-17-18-15(22-12)16-14(21)11-9-13(20)19(10-11)8-6-4-2/h11H,3-10H2,1-2H3,(H,16,18,21)/t11-/m1/s1. The van der Waals surface area contributed by atoms with Gasteiger partial charge in [0.05, 0.1) is 5.92 Å². The number of carbonyl (C=O) groups excluding carboxylic acids is 2. The van der Waals surface area contributed by atoms with Gasteiger partial charge in [0, 0.05) is 25.9 Å². The SMILES string of the molecule is CCCCc1nnc(NC(=O)[C@@H]2CC(=O)N(CCCC)C2)s1. The van der Waals surface area contributed by atoms with E-state index in [1.165, 1.54) is 11.3 Å². The average molecular weight is 324 g/mol. The first-order chi connectivity index (χ1) is 10.6. The molecule has 2 amide bonds. The fourth-order valence-electron chi connectivity index (χ4n) is 2.45. The highest BCUT2D eigenvalue weighted by Crippen LogP contribution is 2.22. The van der Waals surface area contributed by atoms with Gasteiger partial charge in [-0.15, -0.1) is 10.2 Å². The Balaban J connectivity index is 1.84. The maximum absolute atomic E-state index is 12.3. The number of hydrogen-bond acceptors (Lipinski definition) is 5. The molecule has 2 rings (SSSR count). The van der Waals surface area contributed by atoms with Gasteiger partial charge in [-0.3, -0.25) is 9.59 Å². The van der Waals surface area contributed by atoms with Crippen LogP contribution in [0.25, 0.3) is 0 Å². The molecule has 0 radical (unpaired) electrons. The molecule has 0 spiro atoms. The summed E-state index contributed by atoms with van der Waals surface area (Å²) < 4.78 is 0. The van der Waals surface area contributed by atoms with Gasteiger partial charge in [0.2, 0.25) is 16.9 Å². The molecule has 2 heterocycles. The molecule has 1 fully saturated rings. The normalized spacial score (nSPS) is 18.0. The van der Waals surface area contributed by atoms with Crippen LogP contribution in [0, 0.1) is 5.92 Å². The molecule has 0 aromatic carbocycles. The zero-order valence-electron chi connectivity index (χ0n) is 13.3. The first kappa shape index (κ1) is 16.9. The van der Waals surface area contributed by atoms with Crippen molar-refractivity contribution in [3.8, 4) is 0 Å². The van der Waals surface area contributed by atoms with E-state index in [0.29, 0.717) is 18.1 Å². The van der Waals surface area contributed by atoms with Gasteiger partial charge in [0.15, 0.2) is 0 Å². The Morgan fingerprint density at radius 3 is 2.82 bits per heavy atom. The van der Waals surface area contributed by atoms with Crippen molar-refractivity contribution in [1.29, 1.82) is 0 Å². The van der Waals surface area contributed by atoms with Crippen molar-refractivity contribution in [2.75, 3.05) is 18.4 Å². The summed E-state index contributed by atoms with van der Waals surface area (Å²) in [6.07, 6.45) is 5.42. The number of anilines is 1. The van der Waals surface area contributed by atoms with Crippen LogP contribution in [0.1, 0.15) is 51.0 Å². The molecule has 1 aliphatic heterocycles. The minimum absolute atomic E-state index is 0.0782. The van der Waals surface area contributed by atoms with E-state index >= 15 is 0 Å². The molecule has 1 saturated heterocycles. The smallest absolute Gasteiger partial charge is 0.231 e. The van der Waals surface area contributed by atoms with Crippen LogP contribution in [0.3, 0.4) is 0 Å². The Hall–Kier alpha value is -1.50. The van der Waals surface area contributed by atoms with Crippen LogP contribution in [0.15, 0.2) is 0 Å². The maximum atomic E-state index is 12.3. The van der Waals surface area contributed by atoms with E-state index < -0.39 is 0 Å². The van der Waals surface area contributed by atoms with E-state index in [1.54, 1.807) is 4.90 Å². The number of unbranched alkanes of at least 4 members (excludes halogenated alkanes) is 2. The third-order valence-corrected chi connectivity index (χ3v) is 4.71. The van der Waals surface area contributed by atoms with Crippen molar-refractivity contribution >= 4 is 28.3 Å². The lowest BCUT2D eigenvalue weighted by atomic mass is 10.1. The number of rotatable bonds is 8. The molecule has 0 bridgehead atoms. The van der Waals surface area contributed by atoms with Crippen molar-refractivity contribution in [3.63, 3.8) is 0 Å². The predicted molar refractivity (Wildman–Crippen MR) is 86.7 cm³/mol. The fraction of sp³-hybridized carbons (Fsp3) is 0.733. The number of aromatic nitrogens is 2. The third kappa shape index (κ3) is 4.50. The van der Waals surface area contributed by atoms with E-state index in [9.17, 15) is 9.59 Å². The van der Waals surface area contributed by atoms with Crippen LogP contribution < -0.4 is 5.32 Å². The van der Waals surface area contributed by atoms with Crippen molar-refractivity contribution in [2.45, 2.75) is 52.4 Å². The second-order valence-corrected chi connectivity index (χ2v) is 6.75. The zero-order valence-corrected chi connectivity index (χ0v) is 14.1. The molecule has 0 unspecified atom stereocenters. The molecular formula is C15H24N4O2S. The summed E-state index contributed by atoms with van der Waals surface area (Å²) in [6, 6.07) is 0. The van der Waals surface area contributed by atoms with Gasteiger partial charge < -0.3 is 10.2 Å². The topological polar surface area (TPSA) is 75.2 Å². The fourth-order valence-corrected chi connectivity index (χ4v) is 3.24. The van der Waals surface area contributed by atoms with Crippen LogP contribution in [-0.4, -0.2) is 40.0 Å². The van der Waals surface area contributed by atoms with E-state index in [4.69, 9.17) is 0 Å². The molecule has 22 heavy (non-hydrogen) atoms. The second-order valence-electron chi connectivity index (χ2n) is 5.69. The molecule has 122 valence electrons. The molecule has 7 heteroatoms. The number of nitrogens with one attached hydrogen (secondary N) is 1. The summed E-state index contributed by atoms with van der Waals surface area (Å²) in [5.41, 5.74) is 0. The first-order valence-electron chi connectivity index (χ1n) is 8.05. The maximum Gasteiger partial charge on any atom is 0.231 e. The van der Waals surface area contributed by atoms with Gasteiger partial charge in [-0.2, -0.15) is 0 Å². The van der Waals surface area contributed by atoms with Gasteiger partial charge >= 0.3 is 0 Å². The van der Waals surface area contributed by atoms with E-state index in [0.717, 1.165) is 43.7 Å². The van der Waals surface area contributed by atoms with E-state index in [2.05, 4.69) is 29.4 Å². The summed E-state index contributed by atoms with van der Waals surface area (Å²) in [5.74, 6) is -0.313. The van der Waals surface area contributed by atoms with Gasteiger partial charge in [-0.1, -0.05) is 38.0 Å². The van der Waals surface area contributed by atoms with Crippen molar-refractivity contribution in [1.82, 2.24) is 15.1 Å². The Morgan fingerprint density at radius 2 is 2.09 bits per heavy atom. The van der Waals surface area contributed by atoms with Crippen LogP contribution in [-0.2, 0) is 16.0 Å². The molecule has 1 aromatic heterocycles. The van der Waals surface area contributed by atoms with Gasteiger partial charge in [0.25, 0.3) is 0 Å². The number of likely N-dealkylation sites (tertiary alicyclic amines) is 1. The van der Waals surface area contributed by atoms with Crippen LogP contribution in [0.5, 0.6) is 0 Å². The number of aryl methyl sites for hydroxylation is 1. The summed E-state index contributed by atoms with van der Waals surface area (Å²) in [4.78, 5) is 25.9. The molecule has 1 aromatic rings. The quantitative estimate of drug-likeness (QED) is 0.797. The Morgan fingerprint density at radius 1 is 1.32 bits per heavy atom. The number of hydrogen-bond donors (Lipinski definition) is 1. The predicted octanol–water partition coefficient (Wildman–Crippen LogP) is 2.47. The zero-order chi connectivity index (χ0) is 15.9. The third-order valence-electron chi connectivity index (χ3n) is 3.81. The van der Waals surface area contributed by atoms with Crippen LogP contribution in [0.2, 0.25) is 0 Å². The summed E-state index contributed by atoms with van der Waals surface area (Å²) in [6.45, 7) is 5.49. The van der Waals surface area contributed by atoms with E-state index in [-0.39, 0.29) is 17.7 Å². The highest BCUT2D eigenvalue weighted by Gasteiger charge is 2.34. The molecule has 1 aliphatic rings. The van der Waals surface area contributed by atoms with Crippen molar-refractivity contribution < 1.29 is 9.59 Å². The van der Waals surface area contributed by atoms with Crippen LogP contribution in [0.4, 0.5) is 5.13 Å². The molecule has 0 aliphatic carbocycles. The van der Waals surface area contributed by atoms with Gasteiger partial charge in [-0.05, 0) is 12.8 Å². The van der Waals surface area contributed by atoms with Gasteiger partial charge in [-0.25, -0.2) is 0 Å². The molecule has 6 nitrogen and oxygen atoms in total. The van der Waals surface area contributed by atoms with Gasteiger partial charge in [0.1, 0.15) is 5.01 Å². The molecule has 0 saturated carbocycles. The lowest BCUT2D eigenvalue weighted by molar-refractivity contribution is -0.128. The monoisotopic (exact) mass is 324 g/mol. The largest absolute Gasteiger partial charge is 0.342 e. The summed E-state index contributed by atoms with van der Waals surface area (Å²) in [7, 11) is 0.